The summed E-state index contributed by atoms with van der Waals surface area (Å²) in [6, 6.07) is 7.99. The number of hydrogen-bond donors (Lipinski definition) is 1. The Morgan fingerprint density at radius 2 is 1.81 bits per heavy atom. The molecule has 1 saturated carbocycles. The van der Waals surface area contributed by atoms with Crippen molar-refractivity contribution in [3.63, 3.8) is 0 Å². The molecule has 1 saturated heterocycles. The van der Waals surface area contributed by atoms with Gasteiger partial charge < -0.3 is 10.2 Å². The fraction of sp³-hybridized carbons (Fsp3) is 0.538. The maximum absolute atomic E-state index is 13.4. The second-order valence-electron chi connectivity index (χ2n) is 10.4. The predicted octanol–water partition coefficient (Wildman–Crippen LogP) is 5.04. The Hall–Kier alpha value is -3.17. The van der Waals surface area contributed by atoms with Gasteiger partial charge in [-0.3, -0.25) is 0 Å². The number of hydrogen-bond acceptors (Lipinski definition) is 6. The molecule has 0 amide bonds. The second-order valence-corrected chi connectivity index (χ2v) is 10.4. The van der Waals surface area contributed by atoms with E-state index in [-0.39, 0.29) is 12.0 Å². The first-order valence-corrected chi connectivity index (χ1v) is 12.8. The topological polar surface area (TPSA) is 71.8 Å². The molecule has 4 atom stereocenters. The van der Waals surface area contributed by atoms with Crippen LogP contribution in [0.15, 0.2) is 36.7 Å². The van der Waals surface area contributed by atoms with Gasteiger partial charge in [0.25, 0.3) is 0 Å². The van der Waals surface area contributed by atoms with Gasteiger partial charge in [-0.15, -0.1) is 5.10 Å². The summed E-state index contributed by atoms with van der Waals surface area (Å²) in [6.07, 6.45) is 2.18. The highest BCUT2D eigenvalue weighted by Gasteiger charge is 2.43. The molecule has 3 aliphatic rings. The molecule has 0 unspecified atom stereocenters. The molecule has 3 aromatic rings. The SMILES string of the molecule is Cc1cc(N2C[C@H]3CC[C@@H](C2)[C@H]3Nc2nc3n(n2)CCCC[C@H]3c2cccc(C(F)(F)F)c2)ncn1. The molecule has 1 N–H and O–H groups in total. The highest BCUT2D eigenvalue weighted by Crippen LogP contribution is 2.40. The van der Waals surface area contributed by atoms with E-state index >= 15 is 0 Å². The van der Waals surface area contributed by atoms with Crippen LogP contribution in [0, 0.1) is 18.8 Å². The maximum Gasteiger partial charge on any atom is 0.416 e. The first kappa shape index (κ1) is 23.2. The van der Waals surface area contributed by atoms with Crippen molar-refractivity contribution in [2.45, 2.75) is 63.7 Å². The van der Waals surface area contributed by atoms with Crippen LogP contribution in [-0.2, 0) is 12.7 Å². The standard InChI is InChI=1S/C26H30F3N7/c1-16-11-22(31-15-30-16)35-13-18-8-9-19(14-35)23(18)32-25-33-24-21(7-2-3-10-36(24)34-25)17-5-4-6-20(12-17)26(27,28)29/h4-6,11-12,15,18-19,21,23H,2-3,7-10,13-14H2,1H3,(H,32,34)/t18-,19+,21-,23+/m0/s1. The van der Waals surface area contributed by atoms with Gasteiger partial charge in [-0.25, -0.2) is 14.6 Å². The van der Waals surface area contributed by atoms with Crippen LogP contribution in [0.4, 0.5) is 24.9 Å². The van der Waals surface area contributed by atoms with Gasteiger partial charge in [-0.2, -0.15) is 18.2 Å². The van der Waals surface area contributed by atoms with Crippen molar-refractivity contribution in [1.82, 2.24) is 24.7 Å². The minimum absolute atomic E-state index is 0.197. The van der Waals surface area contributed by atoms with Crippen molar-refractivity contribution in [1.29, 1.82) is 0 Å². The van der Waals surface area contributed by atoms with Crippen molar-refractivity contribution in [2.75, 3.05) is 23.3 Å². The molecule has 2 aromatic heterocycles. The van der Waals surface area contributed by atoms with Gasteiger partial charge in [0, 0.05) is 43.4 Å². The first-order valence-electron chi connectivity index (χ1n) is 12.8. The molecule has 0 spiro atoms. The summed E-state index contributed by atoms with van der Waals surface area (Å²) in [5.74, 6) is 3.06. The summed E-state index contributed by atoms with van der Waals surface area (Å²) >= 11 is 0. The number of nitrogens with one attached hydrogen (secondary N) is 1. The third kappa shape index (κ3) is 4.41. The molecule has 1 aliphatic carbocycles. The van der Waals surface area contributed by atoms with E-state index < -0.39 is 11.7 Å². The molecular formula is C26H30F3N7. The van der Waals surface area contributed by atoms with Crippen molar-refractivity contribution >= 4 is 11.8 Å². The smallest absolute Gasteiger partial charge is 0.356 e. The van der Waals surface area contributed by atoms with Crippen LogP contribution < -0.4 is 10.2 Å². The van der Waals surface area contributed by atoms with E-state index in [1.807, 2.05) is 17.7 Å². The molecule has 2 bridgehead atoms. The van der Waals surface area contributed by atoms with E-state index in [9.17, 15) is 13.2 Å². The number of nitrogens with zero attached hydrogens (tertiary/aromatic N) is 6. The summed E-state index contributed by atoms with van der Waals surface area (Å²) in [5, 5.41) is 8.40. The third-order valence-electron chi connectivity index (χ3n) is 7.98. The molecule has 2 aliphatic heterocycles. The lowest BCUT2D eigenvalue weighted by molar-refractivity contribution is -0.137. The van der Waals surface area contributed by atoms with Crippen molar-refractivity contribution in [3.8, 4) is 0 Å². The Kier molecular flexibility index (Phi) is 5.84. The average molecular weight is 498 g/mol. The normalized spacial score (nSPS) is 25.9. The fourth-order valence-corrected chi connectivity index (χ4v) is 6.23. The molecule has 4 heterocycles. The van der Waals surface area contributed by atoms with Gasteiger partial charge in [0.15, 0.2) is 0 Å². The lowest BCUT2D eigenvalue weighted by Crippen LogP contribution is -2.48. The van der Waals surface area contributed by atoms with Gasteiger partial charge in [0.2, 0.25) is 5.95 Å². The monoisotopic (exact) mass is 497 g/mol. The number of aryl methyl sites for hydroxylation is 2. The van der Waals surface area contributed by atoms with E-state index in [4.69, 9.17) is 10.1 Å². The first-order chi connectivity index (χ1) is 17.3. The number of aromatic nitrogens is 5. The number of anilines is 2. The van der Waals surface area contributed by atoms with Crippen LogP contribution in [0.2, 0.25) is 0 Å². The van der Waals surface area contributed by atoms with Crippen LogP contribution in [0.1, 0.15) is 60.7 Å². The Bertz CT molecular complexity index is 1230. The highest BCUT2D eigenvalue weighted by atomic mass is 19.4. The minimum Gasteiger partial charge on any atom is -0.356 e. The van der Waals surface area contributed by atoms with Crippen LogP contribution >= 0.6 is 0 Å². The van der Waals surface area contributed by atoms with Crippen LogP contribution in [0.5, 0.6) is 0 Å². The van der Waals surface area contributed by atoms with Gasteiger partial charge in [0.05, 0.1) is 5.56 Å². The van der Waals surface area contributed by atoms with Gasteiger partial charge >= 0.3 is 6.18 Å². The van der Waals surface area contributed by atoms with Crippen molar-refractivity contribution < 1.29 is 13.2 Å². The zero-order valence-corrected chi connectivity index (χ0v) is 20.2. The molecule has 6 rings (SSSR count). The molecule has 190 valence electrons. The lowest BCUT2D eigenvalue weighted by atomic mass is 9.92. The molecule has 36 heavy (non-hydrogen) atoms. The average Bonchev–Trinajstić information content (AvgIpc) is 3.25. The molecule has 2 fully saturated rings. The van der Waals surface area contributed by atoms with Crippen LogP contribution in [0.25, 0.3) is 0 Å². The molecular weight excluding hydrogens is 467 g/mol. The summed E-state index contributed by atoms with van der Waals surface area (Å²) < 4.78 is 42.0. The number of piperidine rings is 1. The molecule has 10 heteroatoms. The number of rotatable bonds is 4. The van der Waals surface area contributed by atoms with Crippen molar-refractivity contribution in [3.05, 3.63) is 59.3 Å². The highest BCUT2D eigenvalue weighted by molar-refractivity contribution is 5.42. The Morgan fingerprint density at radius 1 is 1.00 bits per heavy atom. The summed E-state index contributed by atoms with van der Waals surface area (Å²) in [7, 11) is 0. The van der Waals surface area contributed by atoms with E-state index in [0.29, 0.717) is 23.3 Å². The zero-order chi connectivity index (χ0) is 24.9. The number of halogens is 3. The maximum atomic E-state index is 13.4. The van der Waals surface area contributed by atoms with Crippen LogP contribution in [0.3, 0.4) is 0 Å². The second kappa shape index (κ2) is 9.05. The predicted molar refractivity (Wildman–Crippen MR) is 130 cm³/mol. The number of benzene rings is 1. The van der Waals surface area contributed by atoms with E-state index in [1.165, 1.54) is 12.1 Å². The molecule has 0 radical (unpaired) electrons. The number of alkyl halides is 3. The number of fused-ring (bicyclic) bond motifs is 3. The zero-order valence-electron chi connectivity index (χ0n) is 20.2. The Labute approximate surface area is 208 Å². The lowest BCUT2D eigenvalue weighted by Gasteiger charge is -2.38. The largest absolute Gasteiger partial charge is 0.416 e. The Balaban J connectivity index is 1.22. The van der Waals surface area contributed by atoms with Crippen LogP contribution in [-0.4, -0.2) is 43.9 Å². The van der Waals surface area contributed by atoms with Gasteiger partial charge in [-0.1, -0.05) is 24.6 Å². The summed E-state index contributed by atoms with van der Waals surface area (Å²) in [4.78, 5) is 15.9. The van der Waals surface area contributed by atoms with E-state index in [1.54, 1.807) is 12.4 Å². The molecule has 1 aromatic carbocycles. The van der Waals surface area contributed by atoms with E-state index in [0.717, 1.165) is 75.1 Å². The Morgan fingerprint density at radius 3 is 2.56 bits per heavy atom. The third-order valence-corrected chi connectivity index (χ3v) is 7.98. The summed E-state index contributed by atoms with van der Waals surface area (Å²) in [5.41, 5.74) is 1.00. The van der Waals surface area contributed by atoms with Gasteiger partial charge in [-0.05, 0) is 56.1 Å². The summed E-state index contributed by atoms with van der Waals surface area (Å²) in [6.45, 7) is 4.56. The molecule has 7 nitrogen and oxygen atoms in total. The van der Waals surface area contributed by atoms with Crippen molar-refractivity contribution in [2.24, 2.45) is 11.8 Å². The quantitative estimate of drug-likeness (QED) is 0.545. The van der Waals surface area contributed by atoms with E-state index in [2.05, 4.69) is 20.2 Å². The van der Waals surface area contributed by atoms with Gasteiger partial charge in [0.1, 0.15) is 18.0 Å². The minimum atomic E-state index is -4.36. The fourth-order valence-electron chi connectivity index (χ4n) is 6.23.